The Morgan fingerprint density at radius 2 is 2.09 bits per heavy atom. The molecule has 4 rings (SSSR count). The van der Waals surface area contributed by atoms with Crippen molar-refractivity contribution in [3.63, 3.8) is 0 Å². The number of imidazole rings is 1. The van der Waals surface area contributed by atoms with Gasteiger partial charge in [-0.1, -0.05) is 0 Å². The first kappa shape index (κ1) is 13.2. The van der Waals surface area contributed by atoms with Crippen molar-refractivity contribution in [2.45, 2.75) is 0 Å². The van der Waals surface area contributed by atoms with Crippen molar-refractivity contribution in [1.82, 2.24) is 29.1 Å². The van der Waals surface area contributed by atoms with Crippen LogP contribution < -0.4 is 11.2 Å². The lowest BCUT2D eigenvalue weighted by atomic mass is 10.2. The van der Waals surface area contributed by atoms with E-state index in [9.17, 15) is 14.0 Å². The maximum atomic E-state index is 13.3. The highest BCUT2D eigenvalue weighted by Gasteiger charge is 2.13. The Labute approximate surface area is 126 Å². The molecule has 9 heteroatoms. The van der Waals surface area contributed by atoms with Crippen LogP contribution in [0.25, 0.3) is 22.6 Å². The fraction of sp³-hybridized carbons (Fsp3) is 0. The predicted molar refractivity (Wildman–Crippen MR) is 78.9 cm³/mol. The van der Waals surface area contributed by atoms with Gasteiger partial charge >= 0.3 is 5.69 Å². The second-order valence-corrected chi connectivity index (χ2v) is 4.83. The molecule has 0 fully saturated rings. The predicted octanol–water partition coefficient (Wildman–Crippen LogP) is 0.703. The van der Waals surface area contributed by atoms with Gasteiger partial charge in [-0.3, -0.25) is 9.78 Å². The molecule has 2 N–H and O–H groups in total. The summed E-state index contributed by atoms with van der Waals surface area (Å²) in [6, 6.07) is 2.91. The van der Waals surface area contributed by atoms with Gasteiger partial charge in [0, 0.05) is 31.0 Å². The minimum absolute atomic E-state index is 0.189. The number of aromatic amines is 2. The van der Waals surface area contributed by atoms with Crippen molar-refractivity contribution in [2.75, 3.05) is 0 Å². The van der Waals surface area contributed by atoms with Crippen LogP contribution in [0.15, 0.2) is 52.7 Å². The maximum Gasteiger partial charge on any atom is 0.325 e. The summed E-state index contributed by atoms with van der Waals surface area (Å²) < 4.78 is 16.3. The summed E-state index contributed by atoms with van der Waals surface area (Å²) in [6.07, 6.45) is 7.28. The summed E-state index contributed by atoms with van der Waals surface area (Å²) in [4.78, 5) is 31.8. The Bertz CT molecular complexity index is 1140. The van der Waals surface area contributed by atoms with Gasteiger partial charge in [0.25, 0.3) is 5.56 Å². The number of nitrogens with one attached hydrogen (secondary N) is 2. The van der Waals surface area contributed by atoms with Crippen LogP contribution in [0.5, 0.6) is 0 Å². The molecule has 0 radical (unpaired) electrons. The topological polar surface area (TPSA) is 101 Å². The van der Waals surface area contributed by atoms with Gasteiger partial charge in [0.2, 0.25) is 0 Å². The van der Waals surface area contributed by atoms with Crippen molar-refractivity contribution in [3.8, 4) is 16.9 Å². The molecule has 0 aliphatic carbocycles. The van der Waals surface area contributed by atoms with Crippen LogP contribution in [0.3, 0.4) is 0 Å². The zero-order chi connectivity index (χ0) is 16.0. The molecule has 0 aromatic carbocycles. The van der Waals surface area contributed by atoms with Crippen molar-refractivity contribution in [1.29, 1.82) is 0 Å². The lowest BCUT2D eigenvalue weighted by Crippen LogP contribution is -2.23. The van der Waals surface area contributed by atoms with E-state index < -0.39 is 17.1 Å². The molecule has 4 aromatic heterocycles. The summed E-state index contributed by atoms with van der Waals surface area (Å²) >= 11 is 0. The number of aromatic nitrogens is 6. The summed E-state index contributed by atoms with van der Waals surface area (Å²) in [7, 11) is 0. The van der Waals surface area contributed by atoms with Gasteiger partial charge < -0.3 is 9.55 Å². The first-order valence-corrected chi connectivity index (χ1v) is 6.62. The molecule has 0 aliphatic heterocycles. The summed E-state index contributed by atoms with van der Waals surface area (Å²) in [5.41, 5.74) is 0.395. The third kappa shape index (κ3) is 2.14. The minimum Gasteiger partial charge on any atom is -0.317 e. The van der Waals surface area contributed by atoms with E-state index in [1.807, 2.05) is 0 Å². The zero-order valence-electron chi connectivity index (χ0n) is 11.5. The highest BCUT2D eigenvalue weighted by molar-refractivity contribution is 5.67. The number of hydrogen-bond donors (Lipinski definition) is 2. The standard InChI is InChI=1S/C14H9FN6O2/c15-8-1-3-20(7-8)11-5-10(19-21-4-2-16-12(11)21)9-6-17-14(23)18-13(9)22/h1-7H,(H2,17,18,22,23). The fourth-order valence-corrected chi connectivity index (χ4v) is 2.34. The van der Waals surface area contributed by atoms with Crippen LogP contribution in [0.2, 0.25) is 0 Å². The summed E-state index contributed by atoms with van der Waals surface area (Å²) in [5.74, 6) is -0.394. The molecule has 0 atom stereocenters. The number of fused-ring (bicyclic) bond motifs is 1. The van der Waals surface area contributed by atoms with Crippen LogP contribution in [0, 0.1) is 5.82 Å². The molecule has 0 saturated heterocycles. The maximum absolute atomic E-state index is 13.3. The number of halogens is 1. The van der Waals surface area contributed by atoms with E-state index in [-0.39, 0.29) is 5.56 Å². The van der Waals surface area contributed by atoms with E-state index in [0.717, 1.165) is 0 Å². The highest BCUT2D eigenvalue weighted by Crippen LogP contribution is 2.20. The second kappa shape index (κ2) is 4.77. The van der Waals surface area contributed by atoms with Crippen LogP contribution in [-0.2, 0) is 0 Å². The van der Waals surface area contributed by atoms with Crippen molar-refractivity contribution in [3.05, 3.63) is 69.8 Å². The molecule has 0 bridgehead atoms. The fourth-order valence-electron chi connectivity index (χ4n) is 2.34. The molecule has 0 spiro atoms. The van der Waals surface area contributed by atoms with Gasteiger partial charge in [0.05, 0.1) is 11.3 Å². The summed E-state index contributed by atoms with van der Waals surface area (Å²) in [6.45, 7) is 0. The Balaban J connectivity index is 2.02. The molecule has 4 aromatic rings. The lowest BCUT2D eigenvalue weighted by molar-refractivity contribution is 0.627. The number of hydrogen-bond acceptors (Lipinski definition) is 4. The molecule has 8 nitrogen and oxygen atoms in total. The van der Waals surface area contributed by atoms with Crippen LogP contribution >= 0.6 is 0 Å². The lowest BCUT2D eigenvalue weighted by Gasteiger charge is -2.07. The number of rotatable bonds is 2. The third-order valence-electron chi connectivity index (χ3n) is 3.37. The summed E-state index contributed by atoms with van der Waals surface area (Å²) in [5, 5.41) is 4.29. The smallest absolute Gasteiger partial charge is 0.317 e. The molecule has 0 saturated carbocycles. The van der Waals surface area contributed by atoms with E-state index in [4.69, 9.17) is 0 Å². The first-order valence-electron chi connectivity index (χ1n) is 6.62. The SMILES string of the molecule is O=c1[nH]cc(-c2cc(-n3ccc(F)c3)c3nccn3n2)c(=O)[nH]1. The highest BCUT2D eigenvalue weighted by atomic mass is 19.1. The van der Waals surface area contributed by atoms with Crippen LogP contribution in [-0.4, -0.2) is 29.1 Å². The normalized spacial score (nSPS) is 11.2. The van der Waals surface area contributed by atoms with E-state index >= 15 is 0 Å². The molecule has 114 valence electrons. The van der Waals surface area contributed by atoms with E-state index in [1.54, 1.807) is 29.2 Å². The zero-order valence-corrected chi connectivity index (χ0v) is 11.5. The molecule has 4 heterocycles. The number of nitrogens with zero attached hydrogens (tertiary/aromatic N) is 4. The Morgan fingerprint density at radius 1 is 1.22 bits per heavy atom. The Hall–Kier alpha value is -3.49. The Kier molecular flexibility index (Phi) is 2.73. The quantitative estimate of drug-likeness (QED) is 0.569. The van der Waals surface area contributed by atoms with Crippen molar-refractivity contribution < 1.29 is 4.39 Å². The van der Waals surface area contributed by atoms with E-state index in [0.29, 0.717) is 17.0 Å². The first-order chi connectivity index (χ1) is 11.1. The van der Waals surface area contributed by atoms with Gasteiger partial charge in [-0.05, 0) is 12.1 Å². The van der Waals surface area contributed by atoms with Gasteiger partial charge in [-0.2, -0.15) is 5.10 Å². The van der Waals surface area contributed by atoms with Gasteiger partial charge in [0.1, 0.15) is 11.5 Å². The molecule has 0 aliphatic rings. The Morgan fingerprint density at radius 3 is 2.83 bits per heavy atom. The van der Waals surface area contributed by atoms with Crippen molar-refractivity contribution >= 4 is 5.65 Å². The van der Waals surface area contributed by atoms with Gasteiger partial charge in [0.15, 0.2) is 5.65 Å². The van der Waals surface area contributed by atoms with Crippen molar-refractivity contribution in [2.24, 2.45) is 0 Å². The van der Waals surface area contributed by atoms with Crippen LogP contribution in [0.1, 0.15) is 0 Å². The average Bonchev–Trinajstić information content (AvgIpc) is 3.14. The molecule has 23 heavy (non-hydrogen) atoms. The third-order valence-corrected chi connectivity index (χ3v) is 3.37. The molecule has 0 amide bonds. The molecular weight excluding hydrogens is 303 g/mol. The van der Waals surface area contributed by atoms with Crippen LogP contribution in [0.4, 0.5) is 4.39 Å². The molecular formula is C14H9FN6O2. The van der Waals surface area contributed by atoms with Gasteiger partial charge in [-0.25, -0.2) is 18.7 Å². The van der Waals surface area contributed by atoms with E-state index in [1.165, 1.54) is 23.0 Å². The van der Waals surface area contributed by atoms with E-state index in [2.05, 4.69) is 20.1 Å². The number of H-pyrrole nitrogens is 2. The van der Waals surface area contributed by atoms with Gasteiger partial charge in [-0.15, -0.1) is 0 Å². The largest absolute Gasteiger partial charge is 0.325 e. The average molecular weight is 312 g/mol. The molecule has 0 unspecified atom stereocenters. The minimum atomic E-state index is -0.602. The monoisotopic (exact) mass is 312 g/mol. The second-order valence-electron chi connectivity index (χ2n) is 4.83.